The van der Waals surface area contributed by atoms with Gasteiger partial charge in [-0.05, 0) is 31.4 Å². The third kappa shape index (κ3) is 2.29. The predicted octanol–water partition coefficient (Wildman–Crippen LogP) is 1.86. The van der Waals surface area contributed by atoms with Crippen molar-refractivity contribution in [2.24, 2.45) is 0 Å². The molecule has 2 aliphatic rings. The number of carbonyl (C=O) groups is 2. The standard InChI is InChI=1S/C15H19N3O2/c1-11-6-2-3-7-12(11)18-14(19)10-13(16-15(18)20)17-8-4-5-9-17/h2-3,6-7,13H,4-5,8-10H2,1H3,(H,16,20). The molecule has 5 nitrogen and oxygen atoms in total. The van der Waals surface area contributed by atoms with E-state index in [-0.39, 0.29) is 18.1 Å². The fourth-order valence-corrected chi connectivity index (χ4v) is 2.96. The van der Waals surface area contributed by atoms with Gasteiger partial charge in [-0.1, -0.05) is 18.2 Å². The minimum Gasteiger partial charge on any atom is -0.321 e. The average Bonchev–Trinajstić information content (AvgIpc) is 2.94. The van der Waals surface area contributed by atoms with Crippen LogP contribution in [0.1, 0.15) is 24.8 Å². The minimum absolute atomic E-state index is 0.125. The molecular formula is C15H19N3O2. The number of anilines is 1. The molecule has 2 fully saturated rings. The molecule has 1 aromatic carbocycles. The Morgan fingerprint density at radius 1 is 1.15 bits per heavy atom. The van der Waals surface area contributed by atoms with E-state index in [0.717, 1.165) is 31.5 Å². The quantitative estimate of drug-likeness (QED) is 0.895. The zero-order valence-electron chi connectivity index (χ0n) is 11.6. The number of rotatable bonds is 2. The second-order valence-electron chi connectivity index (χ2n) is 5.43. The molecule has 0 bridgehead atoms. The van der Waals surface area contributed by atoms with Gasteiger partial charge in [0.15, 0.2) is 0 Å². The van der Waals surface area contributed by atoms with Gasteiger partial charge in [-0.25, -0.2) is 9.69 Å². The van der Waals surface area contributed by atoms with E-state index in [1.807, 2.05) is 31.2 Å². The molecule has 0 saturated carbocycles. The van der Waals surface area contributed by atoms with Crippen LogP contribution >= 0.6 is 0 Å². The molecule has 5 heteroatoms. The van der Waals surface area contributed by atoms with Crippen LogP contribution in [-0.4, -0.2) is 36.1 Å². The number of hydrogen-bond acceptors (Lipinski definition) is 3. The summed E-state index contributed by atoms with van der Waals surface area (Å²) in [6.45, 7) is 3.83. The van der Waals surface area contributed by atoms with E-state index in [0.29, 0.717) is 12.1 Å². The summed E-state index contributed by atoms with van der Waals surface area (Å²) >= 11 is 0. The van der Waals surface area contributed by atoms with Crippen LogP contribution < -0.4 is 10.2 Å². The first-order valence-electron chi connectivity index (χ1n) is 7.10. The third-order valence-corrected chi connectivity index (χ3v) is 4.05. The van der Waals surface area contributed by atoms with Crippen LogP contribution in [0.3, 0.4) is 0 Å². The van der Waals surface area contributed by atoms with Gasteiger partial charge in [-0.15, -0.1) is 0 Å². The highest BCUT2D eigenvalue weighted by Crippen LogP contribution is 2.24. The van der Waals surface area contributed by atoms with Gasteiger partial charge >= 0.3 is 6.03 Å². The van der Waals surface area contributed by atoms with Crippen LogP contribution in [0.25, 0.3) is 0 Å². The highest BCUT2D eigenvalue weighted by molar-refractivity contribution is 6.16. The molecule has 20 heavy (non-hydrogen) atoms. The highest BCUT2D eigenvalue weighted by Gasteiger charge is 2.36. The van der Waals surface area contributed by atoms with Crippen molar-refractivity contribution in [3.63, 3.8) is 0 Å². The fraction of sp³-hybridized carbons (Fsp3) is 0.467. The van der Waals surface area contributed by atoms with Crippen LogP contribution in [0.15, 0.2) is 24.3 Å². The monoisotopic (exact) mass is 273 g/mol. The summed E-state index contributed by atoms with van der Waals surface area (Å²) in [6, 6.07) is 7.14. The van der Waals surface area contributed by atoms with E-state index in [2.05, 4.69) is 10.2 Å². The summed E-state index contributed by atoms with van der Waals surface area (Å²) in [7, 11) is 0. The molecule has 0 radical (unpaired) electrons. The van der Waals surface area contributed by atoms with Crippen LogP contribution in [0.4, 0.5) is 10.5 Å². The van der Waals surface area contributed by atoms with Gasteiger partial charge in [-0.2, -0.15) is 0 Å². The Labute approximate surface area is 118 Å². The number of amides is 3. The Balaban J connectivity index is 1.80. The van der Waals surface area contributed by atoms with Crippen molar-refractivity contribution in [1.29, 1.82) is 0 Å². The van der Waals surface area contributed by atoms with Gasteiger partial charge in [0.05, 0.1) is 18.3 Å². The molecular weight excluding hydrogens is 254 g/mol. The number of imide groups is 1. The number of nitrogens with zero attached hydrogens (tertiary/aromatic N) is 2. The van der Waals surface area contributed by atoms with Crippen molar-refractivity contribution >= 4 is 17.6 Å². The molecule has 1 unspecified atom stereocenters. The zero-order valence-corrected chi connectivity index (χ0v) is 11.6. The summed E-state index contributed by atoms with van der Waals surface area (Å²) in [4.78, 5) is 28.1. The molecule has 1 aromatic rings. The number of para-hydroxylation sites is 1. The van der Waals surface area contributed by atoms with E-state index in [1.54, 1.807) is 0 Å². The van der Waals surface area contributed by atoms with Crippen molar-refractivity contribution in [2.75, 3.05) is 18.0 Å². The molecule has 0 spiro atoms. The fourth-order valence-electron chi connectivity index (χ4n) is 2.96. The Morgan fingerprint density at radius 3 is 2.50 bits per heavy atom. The normalized spacial score (nSPS) is 24.1. The van der Waals surface area contributed by atoms with Gasteiger partial charge in [0.25, 0.3) is 0 Å². The van der Waals surface area contributed by atoms with Crippen LogP contribution in [0, 0.1) is 6.92 Å². The van der Waals surface area contributed by atoms with E-state index in [4.69, 9.17) is 0 Å². The Bertz CT molecular complexity index is 520. The van der Waals surface area contributed by atoms with Crippen molar-refractivity contribution < 1.29 is 9.59 Å². The van der Waals surface area contributed by atoms with Crippen LogP contribution in [-0.2, 0) is 4.79 Å². The van der Waals surface area contributed by atoms with E-state index >= 15 is 0 Å². The summed E-state index contributed by atoms with van der Waals surface area (Å²) in [5.41, 5.74) is 1.60. The predicted molar refractivity (Wildman–Crippen MR) is 76.4 cm³/mol. The number of urea groups is 1. The molecule has 2 aliphatic heterocycles. The smallest absolute Gasteiger partial charge is 0.321 e. The largest absolute Gasteiger partial charge is 0.330 e. The maximum atomic E-state index is 12.4. The second-order valence-corrected chi connectivity index (χ2v) is 5.43. The second kappa shape index (κ2) is 5.25. The molecule has 2 saturated heterocycles. The topological polar surface area (TPSA) is 52.7 Å². The zero-order chi connectivity index (χ0) is 14.1. The first-order chi connectivity index (χ1) is 9.66. The summed E-state index contributed by atoms with van der Waals surface area (Å²) in [5, 5.41) is 2.96. The van der Waals surface area contributed by atoms with Crippen molar-refractivity contribution in [3.8, 4) is 0 Å². The molecule has 106 valence electrons. The van der Waals surface area contributed by atoms with E-state index in [1.165, 1.54) is 4.90 Å². The molecule has 3 amide bonds. The summed E-state index contributed by atoms with van der Waals surface area (Å²) in [5.74, 6) is -0.125. The Hall–Kier alpha value is -1.88. The lowest BCUT2D eigenvalue weighted by atomic mass is 10.1. The van der Waals surface area contributed by atoms with E-state index in [9.17, 15) is 9.59 Å². The first-order valence-corrected chi connectivity index (χ1v) is 7.10. The van der Waals surface area contributed by atoms with Crippen molar-refractivity contribution in [3.05, 3.63) is 29.8 Å². The number of nitrogens with one attached hydrogen (secondary N) is 1. The van der Waals surface area contributed by atoms with E-state index < -0.39 is 0 Å². The van der Waals surface area contributed by atoms with Crippen LogP contribution in [0.2, 0.25) is 0 Å². The number of carbonyl (C=O) groups excluding carboxylic acids is 2. The lowest BCUT2D eigenvalue weighted by molar-refractivity contribution is -0.120. The summed E-state index contributed by atoms with van der Waals surface area (Å²) < 4.78 is 0. The Kier molecular flexibility index (Phi) is 3.44. The maximum absolute atomic E-state index is 12.4. The third-order valence-electron chi connectivity index (χ3n) is 4.05. The lowest BCUT2D eigenvalue weighted by Gasteiger charge is -2.36. The van der Waals surface area contributed by atoms with Gasteiger partial charge in [-0.3, -0.25) is 9.69 Å². The van der Waals surface area contributed by atoms with Crippen LogP contribution in [0.5, 0.6) is 0 Å². The lowest BCUT2D eigenvalue weighted by Crippen LogP contribution is -2.60. The number of likely N-dealkylation sites (tertiary alicyclic amines) is 1. The molecule has 0 aromatic heterocycles. The SMILES string of the molecule is Cc1ccccc1N1C(=O)CC(N2CCCC2)NC1=O. The Morgan fingerprint density at radius 2 is 1.85 bits per heavy atom. The molecule has 1 atom stereocenters. The van der Waals surface area contributed by atoms with Gasteiger partial charge < -0.3 is 5.32 Å². The number of hydrogen-bond donors (Lipinski definition) is 1. The average molecular weight is 273 g/mol. The minimum atomic E-state index is -0.313. The number of benzene rings is 1. The first kappa shape index (κ1) is 13.1. The highest BCUT2D eigenvalue weighted by atomic mass is 16.2. The van der Waals surface area contributed by atoms with Gasteiger partial charge in [0.2, 0.25) is 5.91 Å². The molecule has 0 aliphatic carbocycles. The molecule has 1 N–H and O–H groups in total. The molecule has 3 rings (SSSR count). The maximum Gasteiger partial charge on any atom is 0.330 e. The summed E-state index contributed by atoms with van der Waals surface area (Å²) in [6.07, 6.45) is 2.49. The van der Waals surface area contributed by atoms with Crippen molar-refractivity contribution in [2.45, 2.75) is 32.4 Å². The number of aryl methyl sites for hydroxylation is 1. The van der Waals surface area contributed by atoms with Gasteiger partial charge in [0, 0.05) is 13.1 Å². The molecule has 2 heterocycles. The van der Waals surface area contributed by atoms with Crippen molar-refractivity contribution in [1.82, 2.24) is 10.2 Å². The van der Waals surface area contributed by atoms with Gasteiger partial charge in [0.1, 0.15) is 0 Å².